The summed E-state index contributed by atoms with van der Waals surface area (Å²) in [7, 11) is 1.92. The Bertz CT molecular complexity index is 468. The number of hydrogen-bond donors (Lipinski definition) is 1. The molecule has 0 amide bonds. The van der Waals surface area contributed by atoms with Gasteiger partial charge in [0, 0.05) is 44.3 Å². The van der Waals surface area contributed by atoms with Crippen molar-refractivity contribution >= 4 is 17.4 Å². The molecule has 2 aromatic heterocycles. The van der Waals surface area contributed by atoms with Crippen LogP contribution in [0, 0.1) is 0 Å². The molecular formula is C10H12ClN5. The molecule has 84 valence electrons. The SMILES string of the molecule is Cn1nccc1CCNc1nccnc1Cl. The number of aryl methyl sites for hydroxylation is 1. The van der Waals surface area contributed by atoms with Crippen molar-refractivity contribution in [1.82, 2.24) is 19.7 Å². The second-order valence-electron chi connectivity index (χ2n) is 3.32. The Hall–Kier alpha value is -1.62. The van der Waals surface area contributed by atoms with Crippen LogP contribution >= 0.6 is 11.6 Å². The van der Waals surface area contributed by atoms with Gasteiger partial charge in [0.1, 0.15) is 0 Å². The minimum absolute atomic E-state index is 0.396. The molecule has 0 aliphatic carbocycles. The van der Waals surface area contributed by atoms with Gasteiger partial charge in [-0.15, -0.1) is 0 Å². The van der Waals surface area contributed by atoms with Crippen molar-refractivity contribution in [3.63, 3.8) is 0 Å². The van der Waals surface area contributed by atoms with Crippen molar-refractivity contribution in [1.29, 1.82) is 0 Å². The number of hydrogen-bond acceptors (Lipinski definition) is 4. The van der Waals surface area contributed by atoms with Crippen LogP contribution < -0.4 is 5.32 Å². The van der Waals surface area contributed by atoms with E-state index in [1.807, 2.05) is 17.8 Å². The lowest BCUT2D eigenvalue weighted by molar-refractivity contribution is 0.711. The number of aromatic nitrogens is 4. The Kier molecular flexibility index (Phi) is 3.36. The van der Waals surface area contributed by atoms with Crippen LogP contribution in [0.25, 0.3) is 0 Å². The molecule has 0 aliphatic rings. The molecule has 6 heteroatoms. The van der Waals surface area contributed by atoms with E-state index < -0.39 is 0 Å². The third-order valence-electron chi connectivity index (χ3n) is 2.25. The average molecular weight is 238 g/mol. The van der Waals surface area contributed by atoms with E-state index in [0.717, 1.165) is 18.7 Å². The van der Waals surface area contributed by atoms with Gasteiger partial charge in [-0.05, 0) is 6.07 Å². The van der Waals surface area contributed by atoms with E-state index in [4.69, 9.17) is 11.6 Å². The molecule has 0 fully saturated rings. The first-order valence-corrected chi connectivity index (χ1v) is 5.32. The van der Waals surface area contributed by atoms with Crippen LogP contribution in [0.5, 0.6) is 0 Å². The summed E-state index contributed by atoms with van der Waals surface area (Å²) >= 11 is 5.86. The summed E-state index contributed by atoms with van der Waals surface area (Å²) in [6.07, 6.45) is 5.82. The predicted molar refractivity (Wildman–Crippen MR) is 62.4 cm³/mol. The molecule has 0 atom stereocenters. The molecular weight excluding hydrogens is 226 g/mol. The van der Waals surface area contributed by atoms with Crippen LogP contribution in [0.2, 0.25) is 5.15 Å². The number of halogens is 1. The fraction of sp³-hybridized carbons (Fsp3) is 0.300. The fourth-order valence-electron chi connectivity index (χ4n) is 1.40. The quantitative estimate of drug-likeness (QED) is 0.876. The van der Waals surface area contributed by atoms with Crippen molar-refractivity contribution in [2.24, 2.45) is 7.05 Å². The zero-order valence-corrected chi connectivity index (χ0v) is 9.65. The number of anilines is 1. The molecule has 2 rings (SSSR count). The van der Waals surface area contributed by atoms with Gasteiger partial charge in [0.2, 0.25) is 0 Å². The third kappa shape index (κ3) is 2.49. The normalized spacial score (nSPS) is 10.4. The van der Waals surface area contributed by atoms with Crippen molar-refractivity contribution in [2.75, 3.05) is 11.9 Å². The van der Waals surface area contributed by atoms with E-state index in [2.05, 4.69) is 20.4 Å². The van der Waals surface area contributed by atoms with Gasteiger partial charge >= 0.3 is 0 Å². The Morgan fingerprint density at radius 3 is 2.81 bits per heavy atom. The van der Waals surface area contributed by atoms with Gasteiger partial charge in [-0.25, -0.2) is 9.97 Å². The Morgan fingerprint density at radius 1 is 1.31 bits per heavy atom. The van der Waals surface area contributed by atoms with Crippen LogP contribution in [-0.2, 0) is 13.5 Å². The second-order valence-corrected chi connectivity index (χ2v) is 3.68. The number of rotatable bonds is 4. The van der Waals surface area contributed by atoms with E-state index >= 15 is 0 Å². The summed E-state index contributed by atoms with van der Waals surface area (Å²) in [4.78, 5) is 8.03. The summed E-state index contributed by atoms with van der Waals surface area (Å²) in [5, 5.41) is 7.62. The topological polar surface area (TPSA) is 55.6 Å². The molecule has 0 bridgehead atoms. The summed E-state index contributed by atoms with van der Waals surface area (Å²) < 4.78 is 1.85. The number of nitrogens with one attached hydrogen (secondary N) is 1. The predicted octanol–water partition coefficient (Wildman–Crippen LogP) is 1.52. The average Bonchev–Trinajstić information content (AvgIpc) is 2.67. The van der Waals surface area contributed by atoms with E-state index in [9.17, 15) is 0 Å². The summed E-state index contributed by atoms with van der Waals surface area (Å²) in [6.45, 7) is 0.748. The molecule has 0 unspecified atom stereocenters. The van der Waals surface area contributed by atoms with Crippen molar-refractivity contribution < 1.29 is 0 Å². The monoisotopic (exact) mass is 237 g/mol. The summed E-state index contributed by atoms with van der Waals surface area (Å²) in [5.41, 5.74) is 1.16. The largest absolute Gasteiger partial charge is 0.367 e. The smallest absolute Gasteiger partial charge is 0.171 e. The van der Waals surface area contributed by atoms with Gasteiger partial charge in [-0.3, -0.25) is 4.68 Å². The first kappa shape index (κ1) is 10.9. The Balaban J connectivity index is 1.89. The highest BCUT2D eigenvalue weighted by Crippen LogP contribution is 2.13. The first-order valence-electron chi connectivity index (χ1n) is 4.94. The van der Waals surface area contributed by atoms with E-state index in [0.29, 0.717) is 11.0 Å². The van der Waals surface area contributed by atoms with E-state index in [1.165, 1.54) is 0 Å². The highest BCUT2D eigenvalue weighted by Gasteiger charge is 2.02. The molecule has 0 aromatic carbocycles. The van der Waals surface area contributed by atoms with Crippen LogP contribution in [-0.4, -0.2) is 26.3 Å². The Labute approximate surface area is 98.5 Å². The molecule has 2 heterocycles. The van der Waals surface area contributed by atoms with Crippen molar-refractivity contribution in [2.45, 2.75) is 6.42 Å². The molecule has 0 saturated heterocycles. The lowest BCUT2D eigenvalue weighted by atomic mass is 10.3. The third-order valence-corrected chi connectivity index (χ3v) is 2.53. The maximum Gasteiger partial charge on any atom is 0.171 e. The van der Waals surface area contributed by atoms with Crippen molar-refractivity contribution in [3.8, 4) is 0 Å². The van der Waals surface area contributed by atoms with Crippen LogP contribution in [0.3, 0.4) is 0 Å². The van der Waals surface area contributed by atoms with Gasteiger partial charge in [0.05, 0.1) is 0 Å². The van der Waals surface area contributed by atoms with Gasteiger partial charge in [0.15, 0.2) is 11.0 Å². The maximum absolute atomic E-state index is 5.86. The summed E-state index contributed by atoms with van der Waals surface area (Å²) in [6, 6.07) is 1.99. The summed E-state index contributed by atoms with van der Waals surface area (Å²) in [5.74, 6) is 0.617. The van der Waals surface area contributed by atoms with E-state index in [1.54, 1.807) is 18.6 Å². The van der Waals surface area contributed by atoms with Crippen LogP contribution in [0.15, 0.2) is 24.7 Å². The standard InChI is InChI=1S/C10H12ClN5/c1-16-8(3-5-15-16)2-4-13-10-9(11)12-6-7-14-10/h3,5-7H,2,4H2,1H3,(H,13,14). The first-order chi connectivity index (χ1) is 7.77. The maximum atomic E-state index is 5.86. The molecule has 0 spiro atoms. The molecule has 0 saturated carbocycles. The molecule has 2 aromatic rings. The van der Waals surface area contributed by atoms with Gasteiger partial charge in [0.25, 0.3) is 0 Å². The minimum atomic E-state index is 0.396. The highest BCUT2D eigenvalue weighted by atomic mass is 35.5. The fourth-order valence-corrected chi connectivity index (χ4v) is 1.57. The minimum Gasteiger partial charge on any atom is -0.367 e. The molecule has 0 radical (unpaired) electrons. The lowest BCUT2D eigenvalue weighted by Gasteiger charge is -2.06. The molecule has 0 aliphatic heterocycles. The highest BCUT2D eigenvalue weighted by molar-refractivity contribution is 6.31. The zero-order valence-electron chi connectivity index (χ0n) is 8.89. The van der Waals surface area contributed by atoms with Gasteiger partial charge in [-0.2, -0.15) is 5.10 Å². The lowest BCUT2D eigenvalue weighted by Crippen LogP contribution is -2.09. The van der Waals surface area contributed by atoms with Crippen LogP contribution in [0.4, 0.5) is 5.82 Å². The van der Waals surface area contributed by atoms with Gasteiger partial charge in [-0.1, -0.05) is 11.6 Å². The molecule has 5 nitrogen and oxygen atoms in total. The van der Waals surface area contributed by atoms with Crippen LogP contribution in [0.1, 0.15) is 5.69 Å². The Morgan fingerprint density at radius 2 is 2.12 bits per heavy atom. The van der Waals surface area contributed by atoms with Crippen molar-refractivity contribution in [3.05, 3.63) is 35.5 Å². The van der Waals surface area contributed by atoms with Gasteiger partial charge < -0.3 is 5.32 Å². The van der Waals surface area contributed by atoms with E-state index in [-0.39, 0.29) is 0 Å². The zero-order chi connectivity index (χ0) is 11.4. The number of nitrogens with zero attached hydrogens (tertiary/aromatic N) is 4. The molecule has 1 N–H and O–H groups in total. The second kappa shape index (κ2) is 4.94. The molecule has 16 heavy (non-hydrogen) atoms.